The van der Waals surface area contributed by atoms with Gasteiger partial charge in [0, 0.05) is 57.2 Å². The number of aromatic nitrogens is 4. The summed E-state index contributed by atoms with van der Waals surface area (Å²) in [6.07, 6.45) is 1.08. The molecule has 3 aliphatic rings. The first kappa shape index (κ1) is 47.5. The number of cyclic esters (lactones) is 1. The number of unbranched alkanes of at least 4 members (excludes halogenated alkanes) is 1. The molecule has 60 heavy (non-hydrogen) atoms. The number of carbonyl (C=O) groups excluding carboxylic acids is 4. The zero-order chi connectivity index (χ0) is 44.3. The maximum Gasteiger partial charge on any atom is 0.410 e. The van der Waals surface area contributed by atoms with E-state index in [9.17, 15) is 24.3 Å². The number of Topliss-reactive ketones (excluding diaryl/α,β-unsaturated/α-hetero) is 1. The van der Waals surface area contributed by atoms with Gasteiger partial charge in [0.25, 0.3) is 0 Å². The highest BCUT2D eigenvalue weighted by atomic mass is 32.1. The highest BCUT2D eigenvalue weighted by Crippen LogP contribution is 2.41. The van der Waals surface area contributed by atoms with E-state index >= 15 is 0 Å². The lowest BCUT2D eigenvalue weighted by Crippen LogP contribution is -2.62. The molecule has 2 aromatic rings. The Morgan fingerprint density at radius 1 is 1.10 bits per heavy atom. The van der Waals surface area contributed by atoms with E-state index in [-0.39, 0.29) is 36.9 Å². The van der Waals surface area contributed by atoms with Crippen LogP contribution in [0.25, 0.3) is 10.7 Å². The number of ketones is 1. The highest BCUT2D eigenvalue weighted by molar-refractivity contribution is 7.13. The minimum Gasteiger partial charge on any atom is -0.458 e. The summed E-state index contributed by atoms with van der Waals surface area (Å²) in [4.78, 5) is 65.9. The van der Waals surface area contributed by atoms with Crippen LogP contribution in [0.2, 0.25) is 0 Å². The largest absolute Gasteiger partial charge is 0.458 e. The van der Waals surface area contributed by atoms with Crippen molar-refractivity contribution in [3.8, 4) is 10.7 Å². The lowest BCUT2D eigenvalue weighted by atomic mass is 9.78. The Hall–Kier alpha value is -3.55. The molecule has 3 aliphatic heterocycles. The molecule has 5 rings (SSSR count). The van der Waals surface area contributed by atoms with Gasteiger partial charge in [-0.2, -0.15) is 0 Å². The first-order chi connectivity index (χ1) is 28.3. The zero-order valence-corrected chi connectivity index (χ0v) is 38.2. The Balaban J connectivity index is 1.46. The van der Waals surface area contributed by atoms with E-state index in [2.05, 4.69) is 15.3 Å². The molecule has 5 heterocycles. The fourth-order valence-corrected chi connectivity index (χ4v) is 10.2. The summed E-state index contributed by atoms with van der Waals surface area (Å²) in [5, 5.41) is 22.6. The van der Waals surface area contributed by atoms with E-state index in [4.69, 9.17) is 23.7 Å². The molecule has 0 aliphatic carbocycles. The molecular formula is C42H67N7O10S. The number of thiazole rings is 1. The van der Waals surface area contributed by atoms with Crippen LogP contribution in [-0.2, 0) is 44.6 Å². The molecule has 336 valence electrons. The molecule has 1 N–H and O–H groups in total. The van der Waals surface area contributed by atoms with Gasteiger partial charge in [0.15, 0.2) is 17.7 Å². The van der Waals surface area contributed by atoms with E-state index in [0.717, 1.165) is 5.01 Å². The molecule has 13 atom stereocenters. The number of aliphatic hydroxyl groups is 1. The number of amides is 2. The third kappa shape index (κ3) is 10.0. The van der Waals surface area contributed by atoms with Crippen LogP contribution < -0.4 is 0 Å². The van der Waals surface area contributed by atoms with E-state index in [0.29, 0.717) is 44.5 Å². The predicted octanol–water partition coefficient (Wildman–Crippen LogP) is 4.42. The average Bonchev–Trinajstić information content (AvgIpc) is 3.96. The number of ether oxygens (including phenoxy) is 5. The molecule has 2 aromatic heterocycles. The number of fused-ring (bicyclic) bond motifs is 1. The number of hydrogen-bond donors (Lipinski definition) is 1. The number of methoxy groups -OCH3 is 1. The Morgan fingerprint density at radius 2 is 1.80 bits per heavy atom. The standard InChI is InChI=1S/C42H67N7O10S/c1-13-32-42(9)35(48(40(54)59-42)18-15-14-17-47-23-30(44-45-47)37-43-16-19-60-37)28(6)49(29(7)50)22-24(2)21-41(8,55-12)36(26(4)33(51)27(5)38(53)57-32)58-39-34(52)31(46(10)11)20-25(3)56-39/h16,19,23-28,31-32,34-36,39,52H,13-15,17-18,20-22H2,1-12H3/t24-,25?,26+,27-,28-,31?,32-,34?,35-,36-,39+,41-,42-/m1/s1. The van der Waals surface area contributed by atoms with Gasteiger partial charge in [0.1, 0.15) is 28.8 Å². The summed E-state index contributed by atoms with van der Waals surface area (Å²) in [5.74, 6) is -3.81. The van der Waals surface area contributed by atoms with Crippen LogP contribution in [0.3, 0.4) is 0 Å². The second-order valence-corrected chi connectivity index (χ2v) is 18.6. The smallest absolute Gasteiger partial charge is 0.410 e. The van der Waals surface area contributed by atoms with Gasteiger partial charge in [-0.25, -0.2) is 9.78 Å². The van der Waals surface area contributed by atoms with Crippen LogP contribution in [0, 0.1) is 17.8 Å². The molecule has 18 heteroatoms. The van der Waals surface area contributed by atoms with Crippen LogP contribution in [0.4, 0.5) is 4.79 Å². The van der Waals surface area contributed by atoms with Gasteiger partial charge >= 0.3 is 12.1 Å². The maximum absolute atomic E-state index is 14.5. The topological polar surface area (TPSA) is 188 Å². The van der Waals surface area contributed by atoms with E-state index in [1.54, 1.807) is 41.6 Å². The first-order valence-corrected chi connectivity index (χ1v) is 22.2. The summed E-state index contributed by atoms with van der Waals surface area (Å²) in [6.45, 7) is 17.1. The highest BCUT2D eigenvalue weighted by Gasteiger charge is 2.60. The van der Waals surface area contributed by atoms with E-state index < -0.39 is 77.6 Å². The van der Waals surface area contributed by atoms with Crippen LogP contribution in [0.1, 0.15) is 94.4 Å². The van der Waals surface area contributed by atoms with E-state index in [1.165, 1.54) is 25.2 Å². The minimum atomic E-state index is -1.39. The zero-order valence-electron chi connectivity index (χ0n) is 37.4. The van der Waals surface area contributed by atoms with Crippen molar-refractivity contribution in [1.82, 2.24) is 34.7 Å². The van der Waals surface area contributed by atoms with Gasteiger partial charge in [0.05, 0.1) is 36.1 Å². The molecule has 3 fully saturated rings. The molecule has 0 spiro atoms. The van der Waals surface area contributed by atoms with Crippen molar-refractivity contribution in [3.63, 3.8) is 0 Å². The Labute approximate surface area is 358 Å². The number of nitrogens with zero attached hydrogens (tertiary/aromatic N) is 7. The summed E-state index contributed by atoms with van der Waals surface area (Å²) in [6, 6.07) is -1.58. The quantitative estimate of drug-likeness (QED) is 0.190. The number of likely N-dealkylation sites (N-methyl/N-ethyl adjacent to an activating group) is 1. The molecule has 0 aromatic carbocycles. The number of hydrogen-bond acceptors (Lipinski definition) is 15. The number of aryl methyl sites for hydroxylation is 1. The SMILES string of the molecule is CC[C@H]1OC(=O)[C@H](C)C(=O)[C@H](C)[C@@H](O[C@@H]2OC(C)CC(N(C)C)C2O)[C@](C)(OC)C[C@@H](C)CN(C(C)=O)[C@H](C)[C@H]2N(CCCCn3cc(-c4nccs4)nn3)C(=O)O[C@]12C. The second kappa shape index (κ2) is 19.7. The van der Waals surface area contributed by atoms with Gasteiger partial charge in [-0.05, 0) is 86.7 Å². The summed E-state index contributed by atoms with van der Waals surface area (Å²) < 4.78 is 33.3. The minimum absolute atomic E-state index is 0.209. The lowest BCUT2D eigenvalue weighted by Gasteiger charge is -2.47. The fraction of sp³-hybridized carbons (Fsp3) is 0.786. The first-order valence-electron chi connectivity index (χ1n) is 21.3. The Kier molecular flexibility index (Phi) is 15.6. The molecule has 2 amide bonds. The number of esters is 1. The van der Waals surface area contributed by atoms with Crippen LogP contribution >= 0.6 is 11.3 Å². The van der Waals surface area contributed by atoms with Crippen molar-refractivity contribution in [2.24, 2.45) is 17.8 Å². The van der Waals surface area contributed by atoms with Gasteiger partial charge in [-0.3, -0.25) is 24.0 Å². The van der Waals surface area contributed by atoms with Crippen molar-refractivity contribution in [2.45, 2.75) is 161 Å². The van der Waals surface area contributed by atoms with Crippen molar-refractivity contribution in [1.29, 1.82) is 0 Å². The molecular weight excluding hydrogens is 795 g/mol. The van der Waals surface area contributed by atoms with Crippen molar-refractivity contribution in [3.05, 3.63) is 17.8 Å². The maximum atomic E-state index is 14.5. The summed E-state index contributed by atoms with van der Waals surface area (Å²) in [7, 11) is 5.31. The molecule has 0 bridgehead atoms. The van der Waals surface area contributed by atoms with Gasteiger partial charge in [0.2, 0.25) is 5.91 Å². The van der Waals surface area contributed by atoms with E-state index in [1.807, 2.05) is 65.2 Å². The Morgan fingerprint density at radius 3 is 2.42 bits per heavy atom. The Bertz CT molecular complexity index is 1780. The summed E-state index contributed by atoms with van der Waals surface area (Å²) in [5.41, 5.74) is -1.86. The molecule has 17 nitrogen and oxygen atoms in total. The second-order valence-electron chi connectivity index (χ2n) is 17.7. The number of aliphatic hydroxyl groups excluding tert-OH is 1. The monoisotopic (exact) mass is 861 g/mol. The average molecular weight is 862 g/mol. The van der Waals surface area contributed by atoms with Crippen LogP contribution in [-0.4, -0.2) is 158 Å². The molecule has 0 saturated carbocycles. The third-order valence-electron chi connectivity index (χ3n) is 12.9. The van der Waals surface area contributed by atoms with Crippen molar-refractivity contribution in [2.75, 3.05) is 34.3 Å². The third-order valence-corrected chi connectivity index (χ3v) is 13.7. The van der Waals surface area contributed by atoms with Gasteiger partial charge in [-0.1, -0.05) is 26.0 Å². The van der Waals surface area contributed by atoms with Gasteiger partial charge < -0.3 is 38.6 Å². The lowest BCUT2D eigenvalue weighted by molar-refractivity contribution is -0.295. The van der Waals surface area contributed by atoms with Crippen molar-refractivity contribution < 1.29 is 48.0 Å². The normalized spacial score (nSPS) is 36.1. The van der Waals surface area contributed by atoms with Crippen molar-refractivity contribution >= 4 is 35.1 Å². The summed E-state index contributed by atoms with van der Waals surface area (Å²) >= 11 is 1.48. The molecule has 3 saturated heterocycles. The fourth-order valence-electron chi connectivity index (χ4n) is 9.62. The number of rotatable bonds is 11. The number of carbonyl (C=O) groups is 4. The van der Waals surface area contributed by atoms with Gasteiger partial charge in [-0.15, -0.1) is 16.4 Å². The molecule has 0 radical (unpaired) electrons. The predicted molar refractivity (Wildman–Crippen MR) is 223 cm³/mol. The van der Waals surface area contributed by atoms with Crippen LogP contribution in [0.5, 0.6) is 0 Å². The van der Waals surface area contributed by atoms with Crippen LogP contribution in [0.15, 0.2) is 17.8 Å². The molecule has 3 unspecified atom stereocenters.